The van der Waals surface area contributed by atoms with Crippen molar-refractivity contribution in [3.8, 4) is 6.07 Å². The van der Waals surface area contributed by atoms with Gasteiger partial charge in [0.05, 0.1) is 6.07 Å². The van der Waals surface area contributed by atoms with Gasteiger partial charge in [-0.1, -0.05) is 46.3 Å². The van der Waals surface area contributed by atoms with Gasteiger partial charge in [-0.3, -0.25) is 0 Å². The third-order valence-electron chi connectivity index (χ3n) is 0.997. The molecular weight excluding hydrogens is 202 g/mol. The van der Waals surface area contributed by atoms with E-state index in [2.05, 4.69) is 28.1 Å². The first-order chi connectivity index (χ1) is 5.35. The lowest BCUT2D eigenvalue weighted by Crippen LogP contribution is -1.70. The van der Waals surface area contributed by atoms with Crippen LogP contribution in [0.5, 0.6) is 0 Å². The normalized spacial score (nSPS) is 7.36. The predicted molar refractivity (Wildman–Crippen MR) is 50.4 cm³/mol. The van der Waals surface area contributed by atoms with E-state index in [9.17, 15) is 0 Å². The molecule has 0 fully saturated rings. The zero-order chi connectivity index (χ0) is 8.53. The van der Waals surface area contributed by atoms with Gasteiger partial charge in [0.15, 0.2) is 0 Å². The minimum absolute atomic E-state index is 0.952. The van der Waals surface area contributed by atoms with E-state index >= 15 is 0 Å². The van der Waals surface area contributed by atoms with Gasteiger partial charge in [0.1, 0.15) is 0 Å². The highest BCUT2D eigenvalue weighted by Gasteiger charge is 1.81. The summed E-state index contributed by atoms with van der Waals surface area (Å²) in [5, 5.41) is 8.27. The maximum atomic E-state index is 7.32. The molecule has 1 aromatic carbocycles. The zero-order valence-corrected chi connectivity index (χ0v) is 8.01. The highest BCUT2D eigenvalue weighted by molar-refractivity contribution is 9.08. The lowest BCUT2D eigenvalue weighted by atomic mass is 10.2. The molecule has 0 heterocycles. The molecule has 0 saturated carbocycles. The first kappa shape index (κ1) is 10.2. The standard InChI is InChI=1S/C7H7Br.C2H3N/c8-6-7-4-2-1-3-5-7;1-2-3/h1-5H,6H2;1H3. The average Bonchev–Trinajstić information content (AvgIpc) is 2.08. The van der Waals surface area contributed by atoms with Crippen LogP contribution in [0, 0.1) is 11.3 Å². The second-order valence-electron chi connectivity index (χ2n) is 1.84. The van der Waals surface area contributed by atoms with Gasteiger partial charge in [-0.15, -0.1) is 0 Å². The number of hydrogen-bond acceptors (Lipinski definition) is 1. The Hall–Kier alpha value is -0.810. The molecule has 1 aromatic rings. The zero-order valence-electron chi connectivity index (χ0n) is 6.42. The van der Waals surface area contributed by atoms with Gasteiger partial charge in [-0.25, -0.2) is 0 Å². The van der Waals surface area contributed by atoms with Crippen LogP contribution in [0.4, 0.5) is 0 Å². The summed E-state index contributed by atoms with van der Waals surface area (Å²) in [4.78, 5) is 0. The summed E-state index contributed by atoms with van der Waals surface area (Å²) < 4.78 is 0. The molecule has 0 amide bonds. The first-order valence-electron chi connectivity index (χ1n) is 3.26. The Labute approximate surface area is 75.8 Å². The van der Waals surface area contributed by atoms with Crippen LogP contribution in [0.2, 0.25) is 0 Å². The molecule has 0 aliphatic rings. The van der Waals surface area contributed by atoms with Crippen molar-refractivity contribution < 1.29 is 0 Å². The molecule has 0 aromatic heterocycles. The number of halogens is 1. The second-order valence-corrected chi connectivity index (χ2v) is 2.40. The van der Waals surface area contributed by atoms with Crippen molar-refractivity contribution in [2.24, 2.45) is 0 Å². The lowest BCUT2D eigenvalue weighted by Gasteiger charge is -1.88. The summed E-state index contributed by atoms with van der Waals surface area (Å²) in [7, 11) is 0. The van der Waals surface area contributed by atoms with Gasteiger partial charge < -0.3 is 0 Å². The van der Waals surface area contributed by atoms with E-state index in [0.29, 0.717) is 0 Å². The van der Waals surface area contributed by atoms with E-state index in [1.54, 1.807) is 6.07 Å². The van der Waals surface area contributed by atoms with Gasteiger partial charge in [0, 0.05) is 12.3 Å². The third kappa shape index (κ3) is 5.63. The average molecular weight is 212 g/mol. The molecule has 11 heavy (non-hydrogen) atoms. The molecule has 0 aliphatic carbocycles. The quantitative estimate of drug-likeness (QED) is 0.656. The Kier molecular flexibility index (Phi) is 6.76. The van der Waals surface area contributed by atoms with Crippen LogP contribution in [0.15, 0.2) is 30.3 Å². The molecule has 2 heteroatoms. The second kappa shape index (κ2) is 7.30. The fourth-order valence-corrected chi connectivity index (χ4v) is 0.941. The summed E-state index contributed by atoms with van der Waals surface area (Å²) in [6.07, 6.45) is 0. The molecule has 58 valence electrons. The SMILES string of the molecule is BrCc1ccccc1.CC#N. The van der Waals surface area contributed by atoms with Gasteiger partial charge in [0.2, 0.25) is 0 Å². The van der Waals surface area contributed by atoms with Crippen LogP contribution >= 0.6 is 15.9 Å². The fraction of sp³-hybridized carbons (Fsp3) is 0.222. The summed E-state index contributed by atoms with van der Waals surface area (Å²) >= 11 is 3.36. The molecule has 0 aliphatic heterocycles. The lowest BCUT2D eigenvalue weighted by molar-refractivity contribution is 1.44. The van der Waals surface area contributed by atoms with E-state index in [-0.39, 0.29) is 0 Å². The number of nitrogens with zero attached hydrogens (tertiary/aromatic N) is 1. The Bertz CT molecular complexity index is 213. The van der Waals surface area contributed by atoms with E-state index in [1.165, 1.54) is 12.5 Å². The number of nitriles is 1. The van der Waals surface area contributed by atoms with Crippen LogP contribution in [-0.2, 0) is 5.33 Å². The topological polar surface area (TPSA) is 23.8 Å². The molecule has 1 nitrogen and oxygen atoms in total. The molecule has 0 saturated heterocycles. The molecule has 0 unspecified atom stereocenters. The number of benzene rings is 1. The number of hydrogen-bond donors (Lipinski definition) is 0. The minimum atomic E-state index is 0.952. The maximum absolute atomic E-state index is 7.32. The molecule has 0 N–H and O–H groups in total. The monoisotopic (exact) mass is 211 g/mol. The van der Waals surface area contributed by atoms with Crippen LogP contribution in [0.1, 0.15) is 12.5 Å². The Morgan fingerprint density at radius 2 is 1.82 bits per heavy atom. The van der Waals surface area contributed by atoms with Crippen LogP contribution in [0.3, 0.4) is 0 Å². The first-order valence-corrected chi connectivity index (χ1v) is 4.38. The molecular formula is C9H10BrN. The van der Waals surface area contributed by atoms with E-state index in [4.69, 9.17) is 5.26 Å². The van der Waals surface area contributed by atoms with E-state index in [0.717, 1.165) is 5.33 Å². The fourth-order valence-electron chi connectivity index (χ4n) is 0.567. The molecule has 0 spiro atoms. The van der Waals surface area contributed by atoms with Gasteiger partial charge >= 0.3 is 0 Å². The summed E-state index contributed by atoms with van der Waals surface area (Å²) in [5.74, 6) is 0. The Morgan fingerprint density at radius 1 is 1.36 bits per heavy atom. The van der Waals surface area contributed by atoms with Crippen molar-refractivity contribution in [3.05, 3.63) is 35.9 Å². The van der Waals surface area contributed by atoms with Gasteiger partial charge in [-0.2, -0.15) is 5.26 Å². The van der Waals surface area contributed by atoms with Crippen molar-refractivity contribution in [2.45, 2.75) is 12.3 Å². The van der Waals surface area contributed by atoms with Gasteiger partial charge in [-0.05, 0) is 5.56 Å². The van der Waals surface area contributed by atoms with Crippen molar-refractivity contribution in [1.82, 2.24) is 0 Å². The predicted octanol–water partition coefficient (Wildman–Crippen LogP) is 3.11. The van der Waals surface area contributed by atoms with Crippen LogP contribution in [0.25, 0.3) is 0 Å². The van der Waals surface area contributed by atoms with Crippen molar-refractivity contribution in [2.75, 3.05) is 0 Å². The highest BCUT2D eigenvalue weighted by Crippen LogP contribution is 2.02. The molecule has 0 radical (unpaired) electrons. The smallest absolute Gasteiger partial charge is 0.0587 e. The summed E-state index contributed by atoms with van der Waals surface area (Å²) in [6, 6.07) is 12.0. The largest absolute Gasteiger partial charge is 0.199 e. The Morgan fingerprint density at radius 3 is 2.09 bits per heavy atom. The number of alkyl halides is 1. The van der Waals surface area contributed by atoms with Crippen molar-refractivity contribution >= 4 is 15.9 Å². The van der Waals surface area contributed by atoms with E-state index < -0.39 is 0 Å². The number of rotatable bonds is 1. The summed E-state index contributed by atoms with van der Waals surface area (Å²) in [6.45, 7) is 1.43. The van der Waals surface area contributed by atoms with Crippen LogP contribution in [-0.4, -0.2) is 0 Å². The Balaban J connectivity index is 0.000000292. The van der Waals surface area contributed by atoms with Crippen molar-refractivity contribution in [1.29, 1.82) is 5.26 Å². The van der Waals surface area contributed by atoms with Crippen molar-refractivity contribution in [3.63, 3.8) is 0 Å². The third-order valence-corrected chi connectivity index (χ3v) is 1.64. The molecule has 0 atom stereocenters. The van der Waals surface area contributed by atoms with E-state index in [1.807, 2.05) is 18.2 Å². The van der Waals surface area contributed by atoms with Crippen LogP contribution < -0.4 is 0 Å². The summed E-state index contributed by atoms with van der Waals surface area (Å²) in [5.41, 5.74) is 1.33. The minimum Gasteiger partial charge on any atom is -0.199 e. The maximum Gasteiger partial charge on any atom is 0.0587 e. The van der Waals surface area contributed by atoms with Gasteiger partial charge in [0.25, 0.3) is 0 Å². The highest BCUT2D eigenvalue weighted by atomic mass is 79.9. The molecule has 0 bridgehead atoms. The molecule has 1 rings (SSSR count).